The van der Waals surface area contributed by atoms with Crippen LogP contribution in [0.3, 0.4) is 0 Å². The second kappa shape index (κ2) is 8.85. The second-order valence-electron chi connectivity index (χ2n) is 11.7. The molecule has 0 aromatic heterocycles. The highest BCUT2D eigenvalue weighted by atomic mass is 16.7. The van der Waals surface area contributed by atoms with Crippen LogP contribution in [0.2, 0.25) is 0 Å². The van der Waals surface area contributed by atoms with Gasteiger partial charge in [-0.05, 0) is 73.3 Å². The summed E-state index contributed by atoms with van der Waals surface area (Å²) in [6.07, 6.45) is 5.66. The Morgan fingerprint density at radius 1 is 1.05 bits per heavy atom. The van der Waals surface area contributed by atoms with E-state index in [1.807, 2.05) is 30.3 Å². The van der Waals surface area contributed by atoms with E-state index in [1.165, 1.54) is 11.1 Å². The van der Waals surface area contributed by atoms with Gasteiger partial charge in [0.25, 0.3) is 5.91 Å². The van der Waals surface area contributed by atoms with Crippen LogP contribution in [-0.2, 0) is 18.3 Å². The van der Waals surface area contributed by atoms with E-state index in [0.29, 0.717) is 23.9 Å². The van der Waals surface area contributed by atoms with Gasteiger partial charge < -0.3 is 29.5 Å². The zero-order valence-corrected chi connectivity index (χ0v) is 22.4. The summed E-state index contributed by atoms with van der Waals surface area (Å²) in [7, 11) is 2.19. The van der Waals surface area contributed by atoms with E-state index in [0.717, 1.165) is 54.0 Å². The number of piperidine rings is 1. The number of aliphatic hydroxyl groups is 1. The van der Waals surface area contributed by atoms with Crippen molar-refractivity contribution < 1.29 is 24.1 Å². The third kappa shape index (κ3) is 3.40. The van der Waals surface area contributed by atoms with Crippen LogP contribution in [0.1, 0.15) is 33.5 Å². The maximum Gasteiger partial charge on any atom is 0.255 e. The lowest BCUT2D eigenvalue weighted by Crippen LogP contribution is -2.64. The molecule has 204 valence electrons. The predicted molar refractivity (Wildman–Crippen MR) is 150 cm³/mol. The van der Waals surface area contributed by atoms with Crippen LogP contribution >= 0.6 is 0 Å². The van der Waals surface area contributed by atoms with Crippen molar-refractivity contribution in [1.29, 1.82) is 0 Å². The predicted octanol–water partition coefficient (Wildman–Crippen LogP) is 3.86. The number of ether oxygens (including phenoxy) is 3. The number of hydrogen-bond acceptors (Lipinski definition) is 6. The first-order chi connectivity index (χ1) is 19.5. The first-order valence-corrected chi connectivity index (χ1v) is 14.2. The molecule has 7 nitrogen and oxygen atoms in total. The maximum atomic E-state index is 13.4. The van der Waals surface area contributed by atoms with Crippen molar-refractivity contribution in [3.05, 3.63) is 89.0 Å². The zero-order valence-electron chi connectivity index (χ0n) is 22.4. The van der Waals surface area contributed by atoms with Crippen LogP contribution in [0.5, 0.6) is 17.2 Å². The van der Waals surface area contributed by atoms with Gasteiger partial charge in [0, 0.05) is 29.5 Å². The molecule has 3 heterocycles. The highest BCUT2D eigenvalue weighted by Crippen LogP contribution is 2.61. The lowest BCUT2D eigenvalue weighted by Gasteiger charge is -2.56. The molecule has 0 radical (unpaired) electrons. The fourth-order valence-corrected chi connectivity index (χ4v) is 7.79. The van der Waals surface area contributed by atoms with Gasteiger partial charge in [-0.15, -0.1) is 0 Å². The molecule has 0 saturated carbocycles. The standard InChI is InChI=1S/C33H32N2O5/c1-35-15-13-33-24-9-10-26(36)31(33)40-30-23(8-6-22(29(30)33)16-25(24)35)32(37)34-14-12-19-2-4-20(5-3-19)21-7-11-27-28(17-21)39-18-38-27/h2-11,17,24-26,31,36H,12-16,18H2,1H3,(H,34,37)/t24-,25+,26-,31-,33-/m0/s1. The smallest absolute Gasteiger partial charge is 0.255 e. The van der Waals surface area contributed by atoms with E-state index in [-0.39, 0.29) is 30.1 Å². The number of benzene rings is 3. The molecule has 1 saturated heterocycles. The summed E-state index contributed by atoms with van der Waals surface area (Å²) < 4.78 is 17.4. The molecule has 3 aromatic rings. The van der Waals surface area contributed by atoms with Crippen LogP contribution in [0, 0.1) is 5.92 Å². The number of likely N-dealkylation sites (N-methyl/N-ethyl adjacent to an activating group) is 1. The first kappa shape index (κ1) is 24.0. The Morgan fingerprint density at radius 2 is 1.88 bits per heavy atom. The van der Waals surface area contributed by atoms with Crippen molar-refractivity contribution >= 4 is 5.91 Å². The van der Waals surface area contributed by atoms with Gasteiger partial charge in [0.1, 0.15) is 18.0 Å². The van der Waals surface area contributed by atoms with Crippen molar-refractivity contribution in [3.8, 4) is 28.4 Å². The number of nitrogens with zero attached hydrogens (tertiary/aromatic N) is 1. The summed E-state index contributed by atoms with van der Waals surface area (Å²) in [5, 5.41) is 14.1. The van der Waals surface area contributed by atoms with Crippen LogP contribution in [0.25, 0.3) is 11.1 Å². The second-order valence-corrected chi connectivity index (χ2v) is 11.7. The molecule has 1 fully saturated rings. The molecule has 7 heteroatoms. The molecule has 5 aliphatic rings. The van der Waals surface area contributed by atoms with Crippen LogP contribution < -0.4 is 19.5 Å². The van der Waals surface area contributed by atoms with Gasteiger partial charge in [-0.3, -0.25) is 4.79 Å². The Bertz CT molecular complexity index is 1550. The molecular formula is C33H32N2O5. The number of nitrogens with one attached hydrogen (secondary N) is 1. The van der Waals surface area contributed by atoms with Gasteiger partial charge in [0.15, 0.2) is 11.5 Å². The summed E-state index contributed by atoms with van der Waals surface area (Å²) in [6.45, 7) is 1.75. The molecule has 2 N–H and O–H groups in total. The van der Waals surface area contributed by atoms with E-state index in [2.05, 4.69) is 53.7 Å². The van der Waals surface area contributed by atoms with Crippen molar-refractivity contribution in [2.75, 3.05) is 26.9 Å². The van der Waals surface area contributed by atoms with Gasteiger partial charge in [-0.25, -0.2) is 0 Å². The minimum absolute atomic E-state index is 0.126. The third-order valence-corrected chi connectivity index (χ3v) is 9.77. The van der Waals surface area contributed by atoms with Gasteiger partial charge in [-0.2, -0.15) is 0 Å². The molecule has 40 heavy (non-hydrogen) atoms. The highest BCUT2D eigenvalue weighted by molar-refractivity contribution is 5.98. The average molecular weight is 537 g/mol. The Hall–Kier alpha value is -3.81. The van der Waals surface area contributed by atoms with E-state index >= 15 is 0 Å². The minimum Gasteiger partial charge on any atom is -0.485 e. The van der Waals surface area contributed by atoms with Crippen molar-refractivity contribution in [3.63, 3.8) is 0 Å². The fraction of sp³-hybridized carbons (Fsp3) is 0.364. The Kier molecular flexibility index (Phi) is 5.31. The minimum atomic E-state index is -0.671. The lowest BCUT2D eigenvalue weighted by molar-refractivity contribution is -0.0451. The lowest BCUT2D eigenvalue weighted by atomic mass is 9.53. The summed E-state index contributed by atoms with van der Waals surface area (Å²) in [5.41, 5.74) is 6.07. The number of carbonyl (C=O) groups excluding carboxylic acids is 1. The number of carbonyl (C=O) groups is 1. The molecule has 1 amide bonds. The fourth-order valence-electron chi connectivity index (χ4n) is 7.79. The van der Waals surface area contributed by atoms with E-state index < -0.39 is 6.10 Å². The molecule has 3 aliphatic heterocycles. The van der Waals surface area contributed by atoms with Crippen molar-refractivity contribution in [1.82, 2.24) is 10.2 Å². The number of amides is 1. The normalized spacial score (nSPS) is 28.6. The van der Waals surface area contributed by atoms with Gasteiger partial charge in [0.2, 0.25) is 6.79 Å². The summed E-state index contributed by atoms with van der Waals surface area (Å²) in [5.74, 6) is 2.39. The Labute approximate surface area is 233 Å². The average Bonchev–Trinajstić information content (AvgIpc) is 3.58. The van der Waals surface area contributed by atoms with Crippen molar-refractivity contribution in [2.45, 2.75) is 42.9 Å². The molecular weight excluding hydrogens is 504 g/mol. The van der Waals surface area contributed by atoms with Gasteiger partial charge in [-0.1, -0.05) is 48.6 Å². The molecule has 0 unspecified atom stereocenters. The van der Waals surface area contributed by atoms with Gasteiger partial charge >= 0.3 is 0 Å². The molecule has 5 atom stereocenters. The van der Waals surface area contributed by atoms with Crippen LogP contribution in [0.4, 0.5) is 0 Å². The summed E-state index contributed by atoms with van der Waals surface area (Å²) in [4.78, 5) is 15.9. The molecule has 2 aliphatic carbocycles. The van der Waals surface area contributed by atoms with E-state index in [9.17, 15) is 9.90 Å². The molecule has 1 spiro atoms. The molecule has 8 rings (SSSR count). The molecule has 2 bridgehead atoms. The van der Waals surface area contributed by atoms with E-state index in [1.54, 1.807) is 0 Å². The van der Waals surface area contributed by atoms with Crippen LogP contribution in [0.15, 0.2) is 66.7 Å². The topological polar surface area (TPSA) is 80.3 Å². The summed E-state index contributed by atoms with van der Waals surface area (Å²) in [6, 6.07) is 18.8. The zero-order chi connectivity index (χ0) is 27.0. The van der Waals surface area contributed by atoms with Gasteiger partial charge in [0.05, 0.1) is 5.56 Å². The number of aliphatic hydroxyl groups excluding tert-OH is 1. The Morgan fingerprint density at radius 3 is 2.75 bits per heavy atom. The SMILES string of the molecule is CN1CC[C@]23c4c5ccc(C(=O)NCCc6ccc(-c7ccc8c(c7)OCO8)cc6)c4O[C@H]2[C@@H](O)C=C[C@H]3[C@H]1C5. The number of fused-ring (bicyclic) bond motifs is 1. The number of hydrogen-bond donors (Lipinski definition) is 2. The largest absolute Gasteiger partial charge is 0.485 e. The Balaban J connectivity index is 0.993. The summed E-state index contributed by atoms with van der Waals surface area (Å²) >= 11 is 0. The number of rotatable bonds is 5. The first-order valence-electron chi connectivity index (χ1n) is 14.2. The quantitative estimate of drug-likeness (QED) is 0.482. The van der Waals surface area contributed by atoms with Crippen LogP contribution in [-0.4, -0.2) is 61.1 Å². The monoisotopic (exact) mass is 536 g/mol. The molecule has 3 aromatic carbocycles. The van der Waals surface area contributed by atoms with Crippen molar-refractivity contribution in [2.24, 2.45) is 5.92 Å². The number of likely N-dealkylation sites (tertiary alicyclic amines) is 1. The third-order valence-electron chi connectivity index (χ3n) is 9.77. The van der Waals surface area contributed by atoms with E-state index in [4.69, 9.17) is 14.2 Å². The maximum absolute atomic E-state index is 13.4. The highest BCUT2D eigenvalue weighted by Gasteiger charge is 2.64.